The number of piperidine rings is 1. The highest BCUT2D eigenvalue weighted by Crippen LogP contribution is 2.31. The standard InChI is InChI=1S/C19H25NO5/c1-4-6-14-7-8-15(16(11-14)24-3)25-12-17(21)20-10-5-9-19(2,13-20)18(22)23/h4,6-8,11H,5,9-10,12-13H2,1-3H3,(H,22,23)/b6-4+. The summed E-state index contributed by atoms with van der Waals surface area (Å²) in [4.78, 5) is 25.4. The molecular formula is C19H25NO5. The van der Waals surface area contributed by atoms with E-state index in [0.717, 1.165) is 5.56 Å². The second-order valence-electron chi connectivity index (χ2n) is 6.48. The van der Waals surface area contributed by atoms with Crippen molar-refractivity contribution in [2.24, 2.45) is 5.41 Å². The third-order valence-electron chi connectivity index (χ3n) is 4.46. The number of aliphatic carboxylic acids is 1. The van der Waals surface area contributed by atoms with Crippen LogP contribution in [0.15, 0.2) is 24.3 Å². The number of hydrogen-bond acceptors (Lipinski definition) is 4. The Kier molecular flexibility index (Phi) is 6.07. The average molecular weight is 347 g/mol. The summed E-state index contributed by atoms with van der Waals surface area (Å²) in [6.45, 7) is 4.23. The van der Waals surface area contributed by atoms with E-state index >= 15 is 0 Å². The van der Waals surface area contributed by atoms with Crippen molar-refractivity contribution in [2.45, 2.75) is 26.7 Å². The highest BCUT2D eigenvalue weighted by Gasteiger charge is 2.39. The van der Waals surface area contributed by atoms with E-state index in [-0.39, 0.29) is 19.1 Å². The fraction of sp³-hybridized carbons (Fsp3) is 0.474. The quantitative estimate of drug-likeness (QED) is 0.856. The molecule has 1 atom stereocenters. The Hall–Kier alpha value is -2.50. The lowest BCUT2D eigenvalue weighted by atomic mass is 9.82. The fourth-order valence-electron chi connectivity index (χ4n) is 2.96. The summed E-state index contributed by atoms with van der Waals surface area (Å²) < 4.78 is 10.9. The molecule has 25 heavy (non-hydrogen) atoms. The zero-order valence-electron chi connectivity index (χ0n) is 14.9. The van der Waals surface area contributed by atoms with Crippen molar-refractivity contribution < 1.29 is 24.2 Å². The highest BCUT2D eigenvalue weighted by molar-refractivity contribution is 5.80. The Labute approximate surface area is 148 Å². The van der Waals surface area contributed by atoms with Crippen molar-refractivity contribution in [3.63, 3.8) is 0 Å². The van der Waals surface area contributed by atoms with Gasteiger partial charge in [0.15, 0.2) is 18.1 Å². The van der Waals surface area contributed by atoms with E-state index in [9.17, 15) is 14.7 Å². The molecule has 1 N–H and O–H groups in total. The van der Waals surface area contributed by atoms with Crippen molar-refractivity contribution in [2.75, 3.05) is 26.8 Å². The van der Waals surface area contributed by atoms with E-state index in [0.29, 0.717) is 30.9 Å². The number of carbonyl (C=O) groups excluding carboxylic acids is 1. The number of nitrogens with zero attached hydrogens (tertiary/aromatic N) is 1. The Morgan fingerprint density at radius 1 is 1.36 bits per heavy atom. The van der Waals surface area contributed by atoms with E-state index in [1.165, 1.54) is 0 Å². The molecule has 1 aromatic rings. The van der Waals surface area contributed by atoms with Crippen molar-refractivity contribution in [1.29, 1.82) is 0 Å². The van der Waals surface area contributed by atoms with Gasteiger partial charge in [-0.2, -0.15) is 0 Å². The van der Waals surface area contributed by atoms with Crippen LogP contribution in [-0.2, 0) is 9.59 Å². The zero-order chi connectivity index (χ0) is 18.4. The number of ether oxygens (including phenoxy) is 2. The van der Waals surface area contributed by atoms with Crippen molar-refractivity contribution in [3.05, 3.63) is 29.8 Å². The molecule has 6 heteroatoms. The average Bonchev–Trinajstić information content (AvgIpc) is 2.60. The number of benzene rings is 1. The maximum absolute atomic E-state index is 12.4. The summed E-state index contributed by atoms with van der Waals surface area (Å²) in [5.74, 6) is -0.0431. The number of amides is 1. The van der Waals surface area contributed by atoms with Crippen LogP contribution in [0.2, 0.25) is 0 Å². The van der Waals surface area contributed by atoms with Crippen LogP contribution in [-0.4, -0.2) is 48.7 Å². The topological polar surface area (TPSA) is 76.1 Å². The first kappa shape index (κ1) is 18.8. The first-order valence-electron chi connectivity index (χ1n) is 8.34. The van der Waals surface area contributed by atoms with Crippen LogP contribution in [0.3, 0.4) is 0 Å². The van der Waals surface area contributed by atoms with E-state index in [4.69, 9.17) is 9.47 Å². The number of methoxy groups -OCH3 is 1. The van der Waals surface area contributed by atoms with Gasteiger partial charge in [0, 0.05) is 13.1 Å². The molecule has 0 aliphatic carbocycles. The van der Waals surface area contributed by atoms with Crippen LogP contribution in [0.5, 0.6) is 11.5 Å². The summed E-state index contributed by atoms with van der Waals surface area (Å²) in [6, 6.07) is 5.48. The summed E-state index contributed by atoms with van der Waals surface area (Å²) in [7, 11) is 1.55. The molecule has 1 heterocycles. The van der Waals surface area contributed by atoms with Gasteiger partial charge >= 0.3 is 5.97 Å². The number of carboxylic acids is 1. The lowest BCUT2D eigenvalue weighted by Gasteiger charge is -2.37. The third kappa shape index (κ3) is 4.53. The molecule has 1 aromatic carbocycles. The number of allylic oxidation sites excluding steroid dienone is 1. The van der Waals surface area contributed by atoms with Gasteiger partial charge in [-0.3, -0.25) is 9.59 Å². The van der Waals surface area contributed by atoms with Gasteiger partial charge < -0.3 is 19.5 Å². The first-order valence-corrected chi connectivity index (χ1v) is 8.34. The van der Waals surface area contributed by atoms with Crippen LogP contribution in [0.4, 0.5) is 0 Å². The predicted octanol–water partition coefficient (Wildman–Crippen LogP) is 2.82. The van der Waals surface area contributed by atoms with Crippen LogP contribution in [0, 0.1) is 5.41 Å². The fourth-order valence-corrected chi connectivity index (χ4v) is 2.96. The molecule has 0 spiro atoms. The second-order valence-corrected chi connectivity index (χ2v) is 6.48. The first-order chi connectivity index (χ1) is 11.9. The van der Waals surface area contributed by atoms with Crippen molar-refractivity contribution in [3.8, 4) is 11.5 Å². The van der Waals surface area contributed by atoms with Crippen molar-refractivity contribution in [1.82, 2.24) is 4.90 Å². The predicted molar refractivity (Wildman–Crippen MR) is 94.8 cm³/mol. The van der Waals surface area contributed by atoms with E-state index < -0.39 is 11.4 Å². The summed E-state index contributed by atoms with van der Waals surface area (Å²) in [5, 5.41) is 9.35. The smallest absolute Gasteiger partial charge is 0.311 e. The van der Waals surface area contributed by atoms with Crippen LogP contribution in [0.25, 0.3) is 6.08 Å². The molecule has 1 aliphatic rings. The zero-order valence-corrected chi connectivity index (χ0v) is 14.9. The molecule has 1 fully saturated rings. The molecule has 136 valence electrons. The van der Waals surface area contributed by atoms with Gasteiger partial charge in [0.2, 0.25) is 0 Å². The summed E-state index contributed by atoms with van der Waals surface area (Å²) >= 11 is 0. The summed E-state index contributed by atoms with van der Waals surface area (Å²) in [5.41, 5.74) is 0.0889. The number of carboxylic acid groups (broad SMARTS) is 1. The van der Waals surface area contributed by atoms with Crippen LogP contribution >= 0.6 is 0 Å². The SMILES string of the molecule is C/C=C/c1ccc(OCC(=O)N2CCCC(C)(C(=O)O)C2)c(OC)c1. The number of rotatable bonds is 6. The lowest BCUT2D eigenvalue weighted by molar-refractivity contribution is -0.153. The minimum absolute atomic E-state index is 0.144. The van der Waals surface area contributed by atoms with Crippen molar-refractivity contribution >= 4 is 18.0 Å². The number of hydrogen-bond donors (Lipinski definition) is 1. The Balaban J connectivity index is 2.01. The maximum atomic E-state index is 12.4. The maximum Gasteiger partial charge on any atom is 0.311 e. The molecule has 0 saturated carbocycles. The monoisotopic (exact) mass is 347 g/mol. The highest BCUT2D eigenvalue weighted by atomic mass is 16.5. The lowest BCUT2D eigenvalue weighted by Crippen LogP contribution is -2.49. The second kappa shape index (κ2) is 8.05. The molecule has 0 radical (unpaired) electrons. The van der Waals surface area contributed by atoms with Gasteiger partial charge in [0.05, 0.1) is 12.5 Å². The molecule has 6 nitrogen and oxygen atoms in total. The molecule has 2 rings (SSSR count). The molecule has 1 aliphatic heterocycles. The Morgan fingerprint density at radius 3 is 2.76 bits per heavy atom. The van der Waals surface area contributed by atoms with E-state index in [1.54, 1.807) is 25.0 Å². The van der Waals surface area contributed by atoms with E-state index in [1.807, 2.05) is 31.2 Å². The number of carbonyl (C=O) groups is 2. The van der Waals surface area contributed by atoms with Crippen LogP contribution in [0.1, 0.15) is 32.3 Å². The Morgan fingerprint density at radius 2 is 2.12 bits per heavy atom. The molecule has 1 saturated heterocycles. The molecule has 1 amide bonds. The van der Waals surface area contributed by atoms with Gasteiger partial charge in [0.1, 0.15) is 0 Å². The van der Waals surface area contributed by atoms with Gasteiger partial charge in [-0.05, 0) is 44.4 Å². The number of likely N-dealkylation sites (tertiary alicyclic amines) is 1. The van der Waals surface area contributed by atoms with Gasteiger partial charge in [-0.25, -0.2) is 0 Å². The van der Waals surface area contributed by atoms with Gasteiger partial charge in [0.25, 0.3) is 5.91 Å². The van der Waals surface area contributed by atoms with E-state index in [2.05, 4.69) is 0 Å². The minimum atomic E-state index is -0.889. The molecular weight excluding hydrogens is 322 g/mol. The van der Waals surface area contributed by atoms with Gasteiger partial charge in [-0.1, -0.05) is 18.2 Å². The third-order valence-corrected chi connectivity index (χ3v) is 4.46. The molecule has 1 unspecified atom stereocenters. The van der Waals surface area contributed by atoms with Crippen LogP contribution < -0.4 is 9.47 Å². The normalized spacial score (nSPS) is 20.5. The molecule has 0 bridgehead atoms. The summed E-state index contributed by atoms with van der Waals surface area (Å²) in [6.07, 6.45) is 5.12. The Bertz CT molecular complexity index is 670. The molecule has 0 aromatic heterocycles. The van der Waals surface area contributed by atoms with Gasteiger partial charge in [-0.15, -0.1) is 0 Å². The minimum Gasteiger partial charge on any atom is -0.493 e. The largest absolute Gasteiger partial charge is 0.493 e.